The van der Waals surface area contributed by atoms with E-state index in [-0.39, 0.29) is 19.4 Å². The number of ether oxygens (including phenoxy) is 1. The molecule has 92 valence electrons. The molecule has 17 heavy (non-hydrogen) atoms. The third kappa shape index (κ3) is 3.25. The molecule has 0 amide bonds. The van der Waals surface area contributed by atoms with Gasteiger partial charge < -0.3 is 15.0 Å². The second-order valence-electron chi connectivity index (χ2n) is 3.09. The quantitative estimate of drug-likeness (QED) is 0.645. The average molecular weight is 278 g/mol. The molecule has 0 radical (unpaired) electrons. The van der Waals surface area contributed by atoms with E-state index in [9.17, 15) is 10.1 Å². The number of guanidine groups is 1. The Kier molecular flexibility index (Phi) is 3.71. The van der Waals surface area contributed by atoms with Crippen LogP contribution in [0.3, 0.4) is 0 Å². The molecule has 10 heteroatoms. The molecule has 0 bridgehead atoms. The summed E-state index contributed by atoms with van der Waals surface area (Å²) in [6.07, 6.45) is 1.62. The van der Waals surface area contributed by atoms with Crippen molar-refractivity contribution in [1.82, 2.24) is 15.2 Å². The molecule has 8 nitrogen and oxygen atoms in total. The predicted molar refractivity (Wildman–Crippen MR) is 61.1 cm³/mol. The fraction of sp³-hybridized carbons (Fsp3) is 0.429. The summed E-state index contributed by atoms with van der Waals surface area (Å²) in [7, 11) is 0. The fourth-order valence-electron chi connectivity index (χ4n) is 1.29. The van der Waals surface area contributed by atoms with Crippen molar-refractivity contribution in [1.29, 1.82) is 0 Å². The lowest BCUT2D eigenvalue weighted by Gasteiger charge is -2.28. The molecule has 1 aliphatic heterocycles. The second kappa shape index (κ2) is 5.25. The van der Waals surface area contributed by atoms with Crippen molar-refractivity contribution in [3.8, 4) is 0 Å². The Labute approximate surface area is 105 Å². The van der Waals surface area contributed by atoms with Crippen molar-refractivity contribution in [3.63, 3.8) is 0 Å². The highest BCUT2D eigenvalue weighted by molar-refractivity contribution is 7.15. The maximum Gasteiger partial charge on any atom is 0.275 e. The number of halogens is 1. The molecule has 1 fully saturated rings. The molecule has 0 saturated carbocycles. The summed E-state index contributed by atoms with van der Waals surface area (Å²) < 4.78 is 5.56. The summed E-state index contributed by atoms with van der Waals surface area (Å²) in [4.78, 5) is 16.7. The van der Waals surface area contributed by atoms with E-state index >= 15 is 0 Å². The van der Waals surface area contributed by atoms with Crippen molar-refractivity contribution in [2.75, 3.05) is 13.5 Å². The number of rotatable bonds is 3. The molecule has 1 aromatic rings. The topological polar surface area (TPSA) is 92.9 Å². The molecular weight excluding hydrogens is 270 g/mol. The lowest BCUT2D eigenvalue weighted by atomic mass is 10.5. The smallest absolute Gasteiger partial charge is 0.275 e. The number of hydrogen-bond acceptors (Lipinski definition) is 5. The van der Waals surface area contributed by atoms with Gasteiger partial charge in [-0.3, -0.25) is 0 Å². The molecule has 0 unspecified atom stereocenters. The van der Waals surface area contributed by atoms with Crippen LogP contribution in [0.25, 0.3) is 0 Å². The number of nitrogens with one attached hydrogen (secondary N) is 1. The van der Waals surface area contributed by atoms with E-state index < -0.39 is 5.03 Å². The molecule has 2 rings (SSSR count). The first-order chi connectivity index (χ1) is 8.15. The SMILES string of the molecule is O=[N+]([O-])/N=C1/NCOCN1Cc1cnc(Cl)s1. The first-order valence-electron chi connectivity index (χ1n) is 4.55. The van der Waals surface area contributed by atoms with Gasteiger partial charge in [0.2, 0.25) is 0 Å². The van der Waals surface area contributed by atoms with Crippen LogP contribution in [0, 0.1) is 10.1 Å². The van der Waals surface area contributed by atoms with Crippen LogP contribution in [0.1, 0.15) is 4.88 Å². The molecule has 1 aromatic heterocycles. The zero-order valence-electron chi connectivity index (χ0n) is 8.50. The lowest BCUT2D eigenvalue weighted by molar-refractivity contribution is -0.486. The van der Waals surface area contributed by atoms with Gasteiger partial charge in [0.05, 0.1) is 6.54 Å². The summed E-state index contributed by atoms with van der Waals surface area (Å²) in [5.41, 5.74) is 0. The highest BCUT2D eigenvalue weighted by atomic mass is 35.5. The summed E-state index contributed by atoms with van der Waals surface area (Å²) in [5.74, 6) is 0.172. The van der Waals surface area contributed by atoms with E-state index in [1.165, 1.54) is 11.3 Å². The van der Waals surface area contributed by atoms with Gasteiger partial charge in [-0.1, -0.05) is 11.6 Å². The van der Waals surface area contributed by atoms with Crippen LogP contribution in [-0.4, -0.2) is 34.3 Å². The standard InChI is InChI=1S/C7H8ClN5O3S/c8-6-9-1-5(17-6)2-12-4-16-3-10-7(12)11-13(14)15/h1H,2-4H2,(H,10,11). The highest BCUT2D eigenvalue weighted by Gasteiger charge is 2.20. The Morgan fingerprint density at radius 1 is 1.82 bits per heavy atom. The van der Waals surface area contributed by atoms with Gasteiger partial charge >= 0.3 is 0 Å². The van der Waals surface area contributed by atoms with E-state index in [1.807, 2.05) is 0 Å². The number of thiazole rings is 1. The highest BCUT2D eigenvalue weighted by Crippen LogP contribution is 2.19. The van der Waals surface area contributed by atoms with E-state index in [1.54, 1.807) is 11.1 Å². The van der Waals surface area contributed by atoms with E-state index in [0.29, 0.717) is 11.0 Å². The molecule has 1 saturated heterocycles. The zero-order valence-corrected chi connectivity index (χ0v) is 10.1. The number of aromatic nitrogens is 1. The zero-order chi connectivity index (χ0) is 12.3. The van der Waals surface area contributed by atoms with Gasteiger partial charge in [0.15, 0.2) is 9.50 Å². The third-order valence-corrected chi connectivity index (χ3v) is 3.03. The van der Waals surface area contributed by atoms with Crippen molar-refractivity contribution in [3.05, 3.63) is 25.7 Å². The van der Waals surface area contributed by atoms with Gasteiger partial charge in [-0.05, 0) is 0 Å². The van der Waals surface area contributed by atoms with Crippen molar-refractivity contribution >= 4 is 28.9 Å². The van der Waals surface area contributed by atoms with Crippen LogP contribution in [0.2, 0.25) is 4.47 Å². The Morgan fingerprint density at radius 3 is 3.29 bits per heavy atom. The Hall–Kier alpha value is -1.45. The Balaban J connectivity index is 2.09. The normalized spacial score (nSPS) is 18.2. The Bertz CT molecular complexity index is 450. The first kappa shape index (κ1) is 12.0. The monoisotopic (exact) mass is 277 g/mol. The van der Waals surface area contributed by atoms with E-state index in [2.05, 4.69) is 15.4 Å². The second-order valence-corrected chi connectivity index (χ2v) is 4.79. The summed E-state index contributed by atoms with van der Waals surface area (Å²) in [6, 6.07) is 0. The van der Waals surface area contributed by atoms with Crippen LogP contribution in [-0.2, 0) is 11.3 Å². The third-order valence-electron chi connectivity index (χ3n) is 1.93. The molecule has 2 heterocycles. The number of hydrazone groups is 1. The molecule has 0 atom stereocenters. The summed E-state index contributed by atoms with van der Waals surface area (Å²) in [5, 5.41) is 15.5. The molecule has 0 aliphatic carbocycles. The molecular formula is C7H8ClN5O3S. The van der Waals surface area contributed by atoms with Gasteiger partial charge in [0.1, 0.15) is 18.6 Å². The van der Waals surface area contributed by atoms with E-state index in [4.69, 9.17) is 16.3 Å². The van der Waals surface area contributed by atoms with Gasteiger partial charge in [0, 0.05) is 11.1 Å². The number of nitro groups is 1. The maximum absolute atomic E-state index is 10.3. The van der Waals surface area contributed by atoms with Crippen LogP contribution >= 0.6 is 22.9 Å². The molecule has 0 aromatic carbocycles. The minimum absolute atomic E-state index is 0.172. The van der Waals surface area contributed by atoms with Gasteiger partial charge in [-0.15, -0.1) is 11.3 Å². The number of nitrogens with zero attached hydrogens (tertiary/aromatic N) is 4. The van der Waals surface area contributed by atoms with Crippen molar-refractivity contribution in [2.45, 2.75) is 6.54 Å². The summed E-state index contributed by atoms with van der Waals surface area (Å²) >= 11 is 7.01. The lowest BCUT2D eigenvalue weighted by Crippen LogP contribution is -2.48. The largest absolute Gasteiger partial charge is 0.341 e. The predicted octanol–water partition coefficient (Wildman–Crippen LogP) is 0.681. The van der Waals surface area contributed by atoms with Gasteiger partial charge in [-0.2, -0.15) is 0 Å². The molecule has 1 N–H and O–H groups in total. The molecule has 1 aliphatic rings. The van der Waals surface area contributed by atoms with Crippen LogP contribution in [0.5, 0.6) is 0 Å². The summed E-state index contributed by atoms with van der Waals surface area (Å²) in [6.45, 7) is 0.839. The van der Waals surface area contributed by atoms with Crippen LogP contribution in [0.4, 0.5) is 0 Å². The van der Waals surface area contributed by atoms with Gasteiger partial charge in [-0.25, -0.2) is 15.1 Å². The first-order valence-corrected chi connectivity index (χ1v) is 5.74. The Morgan fingerprint density at radius 2 is 2.65 bits per heavy atom. The van der Waals surface area contributed by atoms with Gasteiger partial charge in [0.25, 0.3) is 5.96 Å². The van der Waals surface area contributed by atoms with Crippen LogP contribution in [0.15, 0.2) is 11.3 Å². The van der Waals surface area contributed by atoms with Crippen LogP contribution < -0.4 is 5.32 Å². The minimum atomic E-state index is -0.750. The maximum atomic E-state index is 10.3. The molecule has 0 spiro atoms. The van der Waals surface area contributed by atoms with Crippen molar-refractivity contribution in [2.24, 2.45) is 5.10 Å². The van der Waals surface area contributed by atoms with E-state index in [0.717, 1.165) is 4.88 Å². The fourth-order valence-corrected chi connectivity index (χ4v) is 2.28. The minimum Gasteiger partial charge on any atom is -0.341 e. The van der Waals surface area contributed by atoms with Crippen molar-refractivity contribution < 1.29 is 9.77 Å². The number of hydrogen-bond donors (Lipinski definition) is 1. The average Bonchev–Trinajstić information content (AvgIpc) is 2.66.